The Labute approximate surface area is 104 Å². The van der Waals surface area contributed by atoms with Crippen molar-refractivity contribution in [1.29, 1.82) is 0 Å². The van der Waals surface area contributed by atoms with Gasteiger partial charge in [-0.2, -0.15) is 5.10 Å². The van der Waals surface area contributed by atoms with E-state index in [0.717, 1.165) is 18.5 Å². The van der Waals surface area contributed by atoms with Gasteiger partial charge in [0.1, 0.15) is 0 Å². The van der Waals surface area contributed by atoms with Crippen molar-refractivity contribution in [2.45, 2.75) is 51.7 Å². The maximum absolute atomic E-state index is 10.3. The molecule has 2 N–H and O–H groups in total. The van der Waals surface area contributed by atoms with Gasteiger partial charge < -0.3 is 10.4 Å². The van der Waals surface area contributed by atoms with Gasteiger partial charge in [0, 0.05) is 31.0 Å². The number of aromatic nitrogens is 2. The molecule has 1 aromatic heterocycles. The van der Waals surface area contributed by atoms with Gasteiger partial charge in [0.2, 0.25) is 0 Å². The molecule has 0 saturated heterocycles. The first kappa shape index (κ1) is 14.2. The summed E-state index contributed by atoms with van der Waals surface area (Å²) in [7, 11) is 1.93. The molecule has 0 bridgehead atoms. The van der Waals surface area contributed by atoms with Gasteiger partial charge in [0.05, 0.1) is 5.60 Å². The molecule has 0 radical (unpaired) electrons. The van der Waals surface area contributed by atoms with Crippen LogP contribution < -0.4 is 5.32 Å². The van der Waals surface area contributed by atoms with Crippen molar-refractivity contribution in [3.05, 3.63) is 18.0 Å². The number of nitrogens with one attached hydrogen (secondary N) is 1. The van der Waals surface area contributed by atoms with Gasteiger partial charge in [-0.3, -0.25) is 4.68 Å². The van der Waals surface area contributed by atoms with Crippen LogP contribution in [0, 0.1) is 0 Å². The molecule has 1 unspecified atom stereocenters. The second-order valence-corrected chi connectivity index (χ2v) is 6.05. The summed E-state index contributed by atoms with van der Waals surface area (Å²) in [6.45, 7) is 8.79. The molecule has 1 atom stereocenters. The molecule has 4 heteroatoms. The van der Waals surface area contributed by atoms with E-state index in [2.05, 4.69) is 31.2 Å². The molecule has 1 rings (SSSR count). The van der Waals surface area contributed by atoms with E-state index in [9.17, 15) is 5.11 Å². The number of aliphatic hydroxyl groups is 1. The third-order valence-corrected chi connectivity index (χ3v) is 2.84. The minimum absolute atomic E-state index is 0.0382. The fourth-order valence-electron chi connectivity index (χ4n) is 1.59. The molecule has 17 heavy (non-hydrogen) atoms. The van der Waals surface area contributed by atoms with Gasteiger partial charge in [0.25, 0.3) is 0 Å². The van der Waals surface area contributed by atoms with Crippen LogP contribution >= 0.6 is 0 Å². The van der Waals surface area contributed by atoms with E-state index in [1.165, 1.54) is 0 Å². The largest absolute Gasteiger partial charge is 0.389 e. The third-order valence-electron chi connectivity index (χ3n) is 2.84. The Morgan fingerprint density at radius 3 is 2.47 bits per heavy atom. The summed E-state index contributed by atoms with van der Waals surface area (Å²) in [6, 6.07) is 1.99. The van der Waals surface area contributed by atoms with Crippen LogP contribution in [0.5, 0.6) is 0 Å². The van der Waals surface area contributed by atoms with Crippen molar-refractivity contribution in [3.63, 3.8) is 0 Å². The SMILES string of the molecule is Cn1nccc1CCC(C)(O)CNC(C)(C)C. The number of hydrogen-bond donors (Lipinski definition) is 2. The Morgan fingerprint density at radius 1 is 1.35 bits per heavy atom. The minimum Gasteiger partial charge on any atom is -0.389 e. The lowest BCUT2D eigenvalue weighted by atomic mass is 9.97. The lowest BCUT2D eigenvalue weighted by Gasteiger charge is -2.29. The molecule has 1 heterocycles. The van der Waals surface area contributed by atoms with E-state index >= 15 is 0 Å². The molecule has 0 fully saturated rings. The number of aryl methyl sites for hydroxylation is 2. The Balaban J connectivity index is 2.42. The van der Waals surface area contributed by atoms with Gasteiger partial charge in [-0.25, -0.2) is 0 Å². The maximum atomic E-state index is 10.3. The molecule has 0 aliphatic heterocycles. The highest BCUT2D eigenvalue weighted by Gasteiger charge is 2.23. The highest BCUT2D eigenvalue weighted by atomic mass is 16.3. The van der Waals surface area contributed by atoms with Crippen molar-refractivity contribution in [1.82, 2.24) is 15.1 Å². The number of rotatable bonds is 5. The summed E-state index contributed by atoms with van der Waals surface area (Å²) in [4.78, 5) is 0. The van der Waals surface area contributed by atoms with Crippen LogP contribution in [-0.4, -0.2) is 32.6 Å². The summed E-state index contributed by atoms with van der Waals surface area (Å²) < 4.78 is 1.85. The predicted octanol–water partition coefficient (Wildman–Crippen LogP) is 1.49. The van der Waals surface area contributed by atoms with Crippen molar-refractivity contribution in [2.75, 3.05) is 6.54 Å². The molecule has 1 aromatic rings. The van der Waals surface area contributed by atoms with E-state index in [1.54, 1.807) is 6.20 Å². The van der Waals surface area contributed by atoms with E-state index in [-0.39, 0.29) is 5.54 Å². The van der Waals surface area contributed by atoms with Gasteiger partial charge >= 0.3 is 0 Å². The first-order chi connectivity index (χ1) is 7.70. The fraction of sp³-hybridized carbons (Fsp3) is 0.769. The minimum atomic E-state index is -0.683. The molecule has 98 valence electrons. The zero-order valence-electron chi connectivity index (χ0n) is 11.6. The predicted molar refractivity (Wildman–Crippen MR) is 69.9 cm³/mol. The summed E-state index contributed by atoms with van der Waals surface area (Å²) in [6.07, 6.45) is 3.36. The Hall–Kier alpha value is -0.870. The lowest BCUT2D eigenvalue weighted by Crippen LogP contribution is -2.46. The standard InChI is InChI=1S/C13H25N3O/c1-12(2,3)14-10-13(4,17)8-6-11-7-9-15-16(11)5/h7,9,14,17H,6,8,10H2,1-5H3. The van der Waals surface area contributed by atoms with E-state index in [4.69, 9.17) is 0 Å². The number of β-amino-alcohol motifs (C(OH)–C–C–N with tert-alkyl or cyclic N) is 1. The van der Waals surface area contributed by atoms with E-state index in [0.29, 0.717) is 6.54 Å². The van der Waals surface area contributed by atoms with Gasteiger partial charge in [-0.05, 0) is 46.6 Å². The maximum Gasteiger partial charge on any atom is 0.0747 e. The summed E-state index contributed by atoms with van der Waals surface area (Å²) in [5, 5.41) is 17.7. The van der Waals surface area contributed by atoms with Crippen molar-refractivity contribution >= 4 is 0 Å². The van der Waals surface area contributed by atoms with Crippen molar-refractivity contribution in [2.24, 2.45) is 7.05 Å². The van der Waals surface area contributed by atoms with Crippen LogP contribution in [0.1, 0.15) is 39.8 Å². The van der Waals surface area contributed by atoms with Gasteiger partial charge in [-0.1, -0.05) is 0 Å². The normalized spacial score (nSPS) is 15.9. The first-order valence-electron chi connectivity index (χ1n) is 6.14. The zero-order valence-corrected chi connectivity index (χ0v) is 11.6. The molecule has 0 aliphatic carbocycles. The second-order valence-electron chi connectivity index (χ2n) is 6.05. The van der Waals surface area contributed by atoms with Crippen LogP contribution in [0.3, 0.4) is 0 Å². The monoisotopic (exact) mass is 239 g/mol. The van der Waals surface area contributed by atoms with Crippen LogP contribution in [0.25, 0.3) is 0 Å². The Kier molecular flexibility index (Phi) is 4.33. The topological polar surface area (TPSA) is 50.1 Å². The van der Waals surface area contributed by atoms with Gasteiger partial charge in [0.15, 0.2) is 0 Å². The first-order valence-corrected chi connectivity index (χ1v) is 6.14. The molecule has 0 aliphatic rings. The van der Waals surface area contributed by atoms with Crippen LogP contribution in [0.15, 0.2) is 12.3 Å². The molecule has 4 nitrogen and oxygen atoms in total. The number of hydrogen-bond acceptors (Lipinski definition) is 3. The average molecular weight is 239 g/mol. The molecule has 0 aromatic carbocycles. The molecular formula is C13H25N3O. The molecular weight excluding hydrogens is 214 g/mol. The Bertz CT molecular complexity index is 350. The number of nitrogens with zero attached hydrogens (tertiary/aromatic N) is 2. The van der Waals surface area contributed by atoms with E-state index in [1.807, 2.05) is 24.7 Å². The Morgan fingerprint density at radius 2 is 2.00 bits per heavy atom. The quantitative estimate of drug-likeness (QED) is 0.818. The average Bonchev–Trinajstić information content (AvgIpc) is 2.58. The highest BCUT2D eigenvalue weighted by molar-refractivity contribution is 5.01. The van der Waals surface area contributed by atoms with Gasteiger partial charge in [-0.15, -0.1) is 0 Å². The van der Waals surface area contributed by atoms with Crippen molar-refractivity contribution < 1.29 is 5.11 Å². The summed E-state index contributed by atoms with van der Waals surface area (Å²) in [5.41, 5.74) is 0.509. The zero-order chi connectivity index (χ0) is 13.1. The smallest absolute Gasteiger partial charge is 0.0747 e. The van der Waals surface area contributed by atoms with Crippen LogP contribution in [0.2, 0.25) is 0 Å². The summed E-state index contributed by atoms with van der Waals surface area (Å²) >= 11 is 0. The fourth-order valence-corrected chi connectivity index (χ4v) is 1.59. The summed E-state index contributed by atoms with van der Waals surface area (Å²) in [5.74, 6) is 0. The van der Waals surface area contributed by atoms with Crippen LogP contribution in [-0.2, 0) is 13.5 Å². The lowest BCUT2D eigenvalue weighted by molar-refractivity contribution is 0.0444. The van der Waals surface area contributed by atoms with Crippen molar-refractivity contribution in [3.8, 4) is 0 Å². The van der Waals surface area contributed by atoms with Crippen LogP contribution in [0.4, 0.5) is 0 Å². The van der Waals surface area contributed by atoms with E-state index < -0.39 is 5.60 Å². The molecule has 0 amide bonds. The highest BCUT2D eigenvalue weighted by Crippen LogP contribution is 2.14. The second kappa shape index (κ2) is 5.19. The third kappa shape index (κ3) is 5.33. The molecule has 0 saturated carbocycles. The molecule has 0 spiro atoms.